The normalized spacial score (nSPS) is 10.2. The molecule has 0 heterocycles. The molecule has 0 aliphatic heterocycles. The predicted molar refractivity (Wildman–Crippen MR) is 66.6 cm³/mol. The zero-order valence-electron chi connectivity index (χ0n) is 9.61. The van der Waals surface area contributed by atoms with Gasteiger partial charge in [-0.2, -0.15) is 0 Å². The van der Waals surface area contributed by atoms with Gasteiger partial charge in [-0.1, -0.05) is 37.3 Å². The van der Waals surface area contributed by atoms with E-state index in [2.05, 4.69) is 6.92 Å². The second-order valence-electron chi connectivity index (χ2n) is 3.90. The van der Waals surface area contributed by atoms with E-state index >= 15 is 0 Å². The zero-order valence-corrected chi connectivity index (χ0v) is 9.61. The zero-order chi connectivity index (χ0) is 12.3. The van der Waals surface area contributed by atoms with Gasteiger partial charge in [-0.3, -0.25) is 4.79 Å². The molecule has 2 aromatic carbocycles. The van der Waals surface area contributed by atoms with E-state index in [1.807, 2.05) is 24.3 Å². The fraction of sp³-hybridized carbons (Fsp3) is 0.133. The molecule has 0 saturated carbocycles. The SMILES string of the molecule is CCc1ccc(-c2ccc(F)c(C=O)c2)cc1. The molecule has 0 fully saturated rings. The molecule has 2 aromatic rings. The van der Waals surface area contributed by atoms with Gasteiger partial charge in [-0.25, -0.2) is 4.39 Å². The van der Waals surface area contributed by atoms with E-state index in [1.165, 1.54) is 11.6 Å². The number of carbonyl (C=O) groups excluding carboxylic acids is 1. The minimum absolute atomic E-state index is 0.0991. The fourth-order valence-electron chi connectivity index (χ4n) is 1.75. The van der Waals surface area contributed by atoms with Crippen LogP contribution < -0.4 is 0 Å². The summed E-state index contributed by atoms with van der Waals surface area (Å²) in [6.45, 7) is 2.09. The number of hydrogen-bond donors (Lipinski definition) is 0. The van der Waals surface area contributed by atoms with Crippen LogP contribution in [-0.4, -0.2) is 6.29 Å². The molecule has 0 spiro atoms. The molecule has 0 N–H and O–H groups in total. The average molecular weight is 228 g/mol. The summed E-state index contributed by atoms with van der Waals surface area (Å²) in [7, 11) is 0. The van der Waals surface area contributed by atoms with Crippen LogP contribution in [0, 0.1) is 5.82 Å². The third kappa shape index (κ3) is 2.41. The van der Waals surface area contributed by atoms with E-state index < -0.39 is 5.82 Å². The highest BCUT2D eigenvalue weighted by atomic mass is 19.1. The van der Waals surface area contributed by atoms with Crippen molar-refractivity contribution in [1.82, 2.24) is 0 Å². The Labute approximate surface area is 99.9 Å². The third-order valence-electron chi connectivity index (χ3n) is 2.82. The Morgan fingerprint density at radius 1 is 1.06 bits per heavy atom. The molecular weight excluding hydrogens is 215 g/mol. The van der Waals surface area contributed by atoms with Crippen LogP contribution in [0.25, 0.3) is 11.1 Å². The van der Waals surface area contributed by atoms with Crippen molar-refractivity contribution in [2.75, 3.05) is 0 Å². The monoisotopic (exact) mass is 228 g/mol. The molecule has 2 heteroatoms. The first kappa shape index (κ1) is 11.5. The summed E-state index contributed by atoms with van der Waals surface area (Å²) >= 11 is 0. The number of benzene rings is 2. The van der Waals surface area contributed by atoms with Crippen molar-refractivity contribution in [2.24, 2.45) is 0 Å². The lowest BCUT2D eigenvalue weighted by molar-refractivity contribution is 0.112. The maximum absolute atomic E-state index is 13.2. The number of aryl methyl sites for hydroxylation is 1. The quantitative estimate of drug-likeness (QED) is 0.729. The fourth-order valence-corrected chi connectivity index (χ4v) is 1.75. The molecule has 0 aliphatic carbocycles. The van der Waals surface area contributed by atoms with Gasteiger partial charge in [0.1, 0.15) is 5.82 Å². The maximum Gasteiger partial charge on any atom is 0.153 e. The summed E-state index contributed by atoms with van der Waals surface area (Å²) in [6.07, 6.45) is 1.53. The summed E-state index contributed by atoms with van der Waals surface area (Å²) in [5.41, 5.74) is 3.20. The highest BCUT2D eigenvalue weighted by Gasteiger charge is 2.04. The molecule has 0 aliphatic rings. The third-order valence-corrected chi connectivity index (χ3v) is 2.82. The van der Waals surface area contributed by atoms with Crippen LogP contribution in [0.5, 0.6) is 0 Å². The van der Waals surface area contributed by atoms with E-state index in [-0.39, 0.29) is 5.56 Å². The highest BCUT2D eigenvalue weighted by molar-refractivity contribution is 5.79. The van der Waals surface area contributed by atoms with Crippen LogP contribution in [0.4, 0.5) is 4.39 Å². The smallest absolute Gasteiger partial charge is 0.153 e. The number of hydrogen-bond acceptors (Lipinski definition) is 1. The Hall–Kier alpha value is -1.96. The second-order valence-corrected chi connectivity index (χ2v) is 3.90. The Kier molecular flexibility index (Phi) is 3.33. The maximum atomic E-state index is 13.2. The Balaban J connectivity index is 2.41. The Morgan fingerprint density at radius 2 is 1.71 bits per heavy atom. The Bertz CT molecular complexity index is 529. The Morgan fingerprint density at radius 3 is 2.29 bits per heavy atom. The molecule has 86 valence electrons. The van der Waals surface area contributed by atoms with Crippen LogP contribution >= 0.6 is 0 Å². The first-order valence-electron chi connectivity index (χ1n) is 5.58. The van der Waals surface area contributed by atoms with Crippen LogP contribution in [0.1, 0.15) is 22.8 Å². The van der Waals surface area contributed by atoms with Crippen molar-refractivity contribution in [1.29, 1.82) is 0 Å². The molecule has 0 radical (unpaired) electrons. The molecule has 0 atom stereocenters. The van der Waals surface area contributed by atoms with Crippen molar-refractivity contribution >= 4 is 6.29 Å². The summed E-state index contributed by atoms with van der Waals surface area (Å²) in [6, 6.07) is 12.6. The molecular formula is C15H13FO. The van der Waals surface area contributed by atoms with Gasteiger partial charge in [-0.15, -0.1) is 0 Å². The van der Waals surface area contributed by atoms with E-state index in [0.29, 0.717) is 6.29 Å². The molecule has 0 amide bonds. The minimum atomic E-state index is -0.478. The van der Waals surface area contributed by atoms with Crippen molar-refractivity contribution in [3.63, 3.8) is 0 Å². The first-order valence-corrected chi connectivity index (χ1v) is 5.58. The standard InChI is InChI=1S/C15H13FO/c1-2-11-3-5-12(6-4-11)13-7-8-15(16)14(9-13)10-17/h3-10H,2H2,1H3. The van der Waals surface area contributed by atoms with Gasteiger partial charge in [0.25, 0.3) is 0 Å². The summed E-state index contributed by atoms with van der Waals surface area (Å²) in [4.78, 5) is 10.7. The lowest BCUT2D eigenvalue weighted by Gasteiger charge is -2.04. The van der Waals surface area contributed by atoms with Crippen molar-refractivity contribution in [3.8, 4) is 11.1 Å². The topological polar surface area (TPSA) is 17.1 Å². The van der Waals surface area contributed by atoms with Crippen LogP contribution in [-0.2, 0) is 6.42 Å². The lowest BCUT2D eigenvalue weighted by atomic mass is 10.0. The largest absolute Gasteiger partial charge is 0.298 e. The molecule has 0 unspecified atom stereocenters. The van der Waals surface area contributed by atoms with Gasteiger partial charge in [0, 0.05) is 0 Å². The van der Waals surface area contributed by atoms with Crippen LogP contribution in [0.2, 0.25) is 0 Å². The van der Waals surface area contributed by atoms with E-state index in [9.17, 15) is 9.18 Å². The molecule has 2 rings (SSSR count). The van der Waals surface area contributed by atoms with E-state index in [4.69, 9.17) is 0 Å². The van der Waals surface area contributed by atoms with E-state index in [1.54, 1.807) is 12.1 Å². The van der Waals surface area contributed by atoms with Gasteiger partial charge in [-0.05, 0) is 35.2 Å². The second kappa shape index (κ2) is 4.91. The summed E-state index contributed by atoms with van der Waals surface area (Å²) < 4.78 is 13.2. The van der Waals surface area contributed by atoms with Gasteiger partial charge in [0.05, 0.1) is 5.56 Å². The summed E-state index contributed by atoms with van der Waals surface area (Å²) in [5.74, 6) is -0.478. The van der Waals surface area contributed by atoms with Gasteiger partial charge in [0.15, 0.2) is 6.29 Å². The molecule has 0 bridgehead atoms. The minimum Gasteiger partial charge on any atom is -0.298 e. The molecule has 0 saturated heterocycles. The first-order chi connectivity index (χ1) is 8.24. The van der Waals surface area contributed by atoms with Gasteiger partial charge in [0.2, 0.25) is 0 Å². The molecule has 0 aromatic heterocycles. The van der Waals surface area contributed by atoms with Crippen LogP contribution in [0.3, 0.4) is 0 Å². The highest BCUT2D eigenvalue weighted by Crippen LogP contribution is 2.22. The number of rotatable bonds is 3. The van der Waals surface area contributed by atoms with Crippen LogP contribution in [0.15, 0.2) is 42.5 Å². The molecule has 17 heavy (non-hydrogen) atoms. The van der Waals surface area contributed by atoms with E-state index in [0.717, 1.165) is 17.5 Å². The predicted octanol–water partition coefficient (Wildman–Crippen LogP) is 3.87. The van der Waals surface area contributed by atoms with Crippen molar-refractivity contribution in [2.45, 2.75) is 13.3 Å². The number of aldehydes is 1. The number of carbonyl (C=O) groups is 1. The number of halogens is 1. The lowest BCUT2D eigenvalue weighted by Crippen LogP contribution is -1.89. The molecule has 1 nitrogen and oxygen atoms in total. The van der Waals surface area contributed by atoms with Gasteiger partial charge >= 0.3 is 0 Å². The van der Waals surface area contributed by atoms with Crippen molar-refractivity contribution in [3.05, 3.63) is 59.4 Å². The van der Waals surface area contributed by atoms with Crippen molar-refractivity contribution < 1.29 is 9.18 Å². The summed E-state index contributed by atoms with van der Waals surface area (Å²) in [5, 5.41) is 0. The average Bonchev–Trinajstić information content (AvgIpc) is 2.39. The van der Waals surface area contributed by atoms with Gasteiger partial charge < -0.3 is 0 Å².